The summed E-state index contributed by atoms with van der Waals surface area (Å²) in [4.78, 5) is 25.6. The zero-order valence-electron chi connectivity index (χ0n) is 12.2. The van der Waals surface area contributed by atoms with Crippen LogP contribution in [0.1, 0.15) is 40.5 Å². The maximum absolute atomic E-state index is 12.1. The fraction of sp³-hybridized carbons (Fsp3) is 0.857. The summed E-state index contributed by atoms with van der Waals surface area (Å²) in [6, 6.07) is -0.532. The van der Waals surface area contributed by atoms with Crippen LogP contribution in [0.2, 0.25) is 0 Å². The van der Waals surface area contributed by atoms with Gasteiger partial charge in [-0.3, -0.25) is 9.59 Å². The van der Waals surface area contributed by atoms with Crippen molar-refractivity contribution in [2.24, 2.45) is 11.3 Å². The Hall–Kier alpha value is -1.10. The van der Waals surface area contributed by atoms with E-state index >= 15 is 0 Å². The monoisotopic (exact) mass is 268 g/mol. The number of amides is 2. The van der Waals surface area contributed by atoms with Crippen molar-refractivity contribution in [2.45, 2.75) is 52.2 Å². The molecule has 19 heavy (non-hydrogen) atoms. The summed E-state index contributed by atoms with van der Waals surface area (Å²) in [6.45, 7) is 7.96. The third-order valence-electron chi connectivity index (χ3n) is 3.98. The Labute approximate surface area is 114 Å². The fourth-order valence-electron chi connectivity index (χ4n) is 2.40. The molecule has 1 aliphatic carbocycles. The zero-order valence-corrected chi connectivity index (χ0v) is 12.2. The molecule has 0 bridgehead atoms. The van der Waals surface area contributed by atoms with Gasteiger partial charge in [0.2, 0.25) is 11.8 Å². The lowest BCUT2D eigenvalue weighted by Gasteiger charge is -2.47. The van der Waals surface area contributed by atoms with E-state index in [1.54, 1.807) is 11.8 Å². The Kier molecular flexibility index (Phi) is 3.37. The van der Waals surface area contributed by atoms with Gasteiger partial charge in [0.05, 0.1) is 13.1 Å². The minimum absolute atomic E-state index is 0.108. The minimum Gasteiger partial charge on any atom is -0.386 e. The van der Waals surface area contributed by atoms with E-state index in [-0.39, 0.29) is 11.8 Å². The molecule has 0 spiro atoms. The molecule has 1 aliphatic heterocycles. The number of rotatable bonds is 3. The number of likely N-dealkylation sites (tertiary alicyclic amines) is 1. The van der Waals surface area contributed by atoms with E-state index in [1.807, 2.05) is 20.8 Å². The molecule has 1 unspecified atom stereocenters. The summed E-state index contributed by atoms with van der Waals surface area (Å²) in [5.41, 5.74) is -1.17. The van der Waals surface area contributed by atoms with Gasteiger partial charge >= 0.3 is 0 Å². The Morgan fingerprint density at radius 2 is 1.84 bits per heavy atom. The number of nitrogens with one attached hydrogen (secondary N) is 1. The minimum atomic E-state index is -0.663. The lowest BCUT2D eigenvalue weighted by Crippen LogP contribution is -2.67. The predicted octanol–water partition coefficient (Wildman–Crippen LogP) is 0.520. The maximum Gasteiger partial charge on any atom is 0.245 e. The van der Waals surface area contributed by atoms with E-state index in [1.165, 1.54) is 0 Å². The smallest absolute Gasteiger partial charge is 0.245 e. The molecule has 2 rings (SSSR count). The standard InChI is InChI=1S/C14H24N2O3/c1-9(15-12(18)13(2,3)4)11(17)16-7-14(19,8-16)10-5-6-10/h9-10,19H,5-8H2,1-4H3,(H,15,18). The number of β-amino-alcohol motifs (C(OH)–C–C–N with tert-alkyl or cyclic N) is 1. The molecule has 1 atom stereocenters. The normalized spacial score (nSPS) is 23.5. The van der Waals surface area contributed by atoms with Gasteiger partial charge in [0.15, 0.2) is 0 Å². The summed E-state index contributed by atoms with van der Waals surface area (Å²) in [5, 5.41) is 12.9. The van der Waals surface area contributed by atoms with Crippen LogP contribution in [0.25, 0.3) is 0 Å². The number of nitrogens with zero attached hydrogens (tertiary/aromatic N) is 1. The third kappa shape index (κ3) is 2.91. The molecule has 5 nitrogen and oxygen atoms in total. The first-order valence-corrected chi connectivity index (χ1v) is 6.95. The first-order chi connectivity index (χ1) is 8.63. The molecule has 2 fully saturated rings. The van der Waals surface area contributed by atoms with Crippen molar-refractivity contribution in [1.29, 1.82) is 0 Å². The largest absolute Gasteiger partial charge is 0.386 e. The van der Waals surface area contributed by atoms with Crippen LogP contribution in [0.3, 0.4) is 0 Å². The lowest BCUT2D eigenvalue weighted by molar-refractivity contribution is -0.161. The van der Waals surface area contributed by atoms with Crippen LogP contribution in [0.5, 0.6) is 0 Å². The number of aliphatic hydroxyl groups is 1. The second kappa shape index (κ2) is 4.47. The molecular weight excluding hydrogens is 244 g/mol. The van der Waals surface area contributed by atoms with Crippen LogP contribution in [0.4, 0.5) is 0 Å². The summed E-state index contributed by atoms with van der Waals surface area (Å²) >= 11 is 0. The molecule has 2 N–H and O–H groups in total. The molecule has 0 radical (unpaired) electrons. The second-order valence-corrected chi connectivity index (χ2v) is 7.02. The SMILES string of the molecule is CC(NC(=O)C(C)(C)C)C(=O)N1CC(O)(C2CC2)C1. The summed E-state index contributed by atoms with van der Waals surface area (Å²) in [7, 11) is 0. The van der Waals surface area contributed by atoms with Crippen LogP contribution in [0.15, 0.2) is 0 Å². The van der Waals surface area contributed by atoms with Gasteiger partial charge in [-0.15, -0.1) is 0 Å². The van der Waals surface area contributed by atoms with Gasteiger partial charge in [-0.2, -0.15) is 0 Å². The molecule has 1 saturated carbocycles. The van der Waals surface area contributed by atoms with Gasteiger partial charge < -0.3 is 15.3 Å². The summed E-state index contributed by atoms with van der Waals surface area (Å²) < 4.78 is 0. The Morgan fingerprint density at radius 1 is 1.32 bits per heavy atom. The Balaban J connectivity index is 1.82. The highest BCUT2D eigenvalue weighted by Crippen LogP contribution is 2.44. The summed E-state index contributed by atoms with van der Waals surface area (Å²) in [6.07, 6.45) is 2.13. The van der Waals surface area contributed by atoms with Crippen molar-refractivity contribution >= 4 is 11.8 Å². The van der Waals surface area contributed by atoms with Crippen molar-refractivity contribution in [3.8, 4) is 0 Å². The molecule has 1 heterocycles. The van der Waals surface area contributed by atoms with E-state index in [4.69, 9.17) is 0 Å². The third-order valence-corrected chi connectivity index (χ3v) is 3.98. The molecule has 108 valence electrons. The van der Waals surface area contributed by atoms with Crippen LogP contribution in [-0.2, 0) is 9.59 Å². The number of carbonyl (C=O) groups is 2. The molecule has 1 saturated heterocycles. The van der Waals surface area contributed by atoms with Gasteiger partial charge in [0.1, 0.15) is 11.6 Å². The van der Waals surface area contributed by atoms with Crippen molar-refractivity contribution in [3.05, 3.63) is 0 Å². The van der Waals surface area contributed by atoms with Crippen molar-refractivity contribution in [2.75, 3.05) is 13.1 Å². The zero-order chi connectivity index (χ0) is 14.4. The topological polar surface area (TPSA) is 69.6 Å². The highest BCUT2D eigenvalue weighted by molar-refractivity contribution is 5.89. The average molecular weight is 268 g/mol. The average Bonchev–Trinajstić information content (AvgIpc) is 3.06. The Morgan fingerprint density at radius 3 is 2.26 bits per heavy atom. The molecule has 5 heteroatoms. The molecule has 0 aromatic rings. The van der Waals surface area contributed by atoms with Crippen LogP contribution in [-0.4, -0.2) is 46.6 Å². The van der Waals surface area contributed by atoms with Gasteiger partial charge in [-0.25, -0.2) is 0 Å². The van der Waals surface area contributed by atoms with Crippen molar-refractivity contribution < 1.29 is 14.7 Å². The van der Waals surface area contributed by atoms with Crippen LogP contribution < -0.4 is 5.32 Å². The van der Waals surface area contributed by atoms with E-state index < -0.39 is 17.1 Å². The van der Waals surface area contributed by atoms with E-state index in [2.05, 4.69) is 5.32 Å². The molecular formula is C14H24N2O3. The highest BCUT2D eigenvalue weighted by atomic mass is 16.3. The van der Waals surface area contributed by atoms with Gasteiger partial charge in [-0.05, 0) is 25.7 Å². The van der Waals surface area contributed by atoms with Crippen LogP contribution >= 0.6 is 0 Å². The fourth-order valence-corrected chi connectivity index (χ4v) is 2.40. The Bertz CT molecular complexity index is 390. The second-order valence-electron chi connectivity index (χ2n) is 7.02. The van der Waals surface area contributed by atoms with E-state index in [0.717, 1.165) is 12.8 Å². The van der Waals surface area contributed by atoms with Crippen LogP contribution in [0, 0.1) is 11.3 Å². The molecule has 0 aromatic heterocycles. The van der Waals surface area contributed by atoms with Crippen molar-refractivity contribution in [1.82, 2.24) is 10.2 Å². The quantitative estimate of drug-likeness (QED) is 0.784. The number of hydrogen-bond donors (Lipinski definition) is 2. The maximum atomic E-state index is 12.1. The van der Waals surface area contributed by atoms with Gasteiger partial charge in [0.25, 0.3) is 0 Å². The van der Waals surface area contributed by atoms with Gasteiger partial charge in [0, 0.05) is 5.41 Å². The molecule has 2 amide bonds. The van der Waals surface area contributed by atoms with E-state index in [0.29, 0.717) is 19.0 Å². The predicted molar refractivity (Wildman–Crippen MR) is 71.3 cm³/mol. The van der Waals surface area contributed by atoms with Crippen molar-refractivity contribution in [3.63, 3.8) is 0 Å². The molecule has 2 aliphatic rings. The van der Waals surface area contributed by atoms with Gasteiger partial charge in [-0.1, -0.05) is 20.8 Å². The first kappa shape index (κ1) is 14.3. The molecule has 0 aromatic carbocycles. The first-order valence-electron chi connectivity index (χ1n) is 6.95. The summed E-state index contributed by atoms with van der Waals surface area (Å²) in [5.74, 6) is 0.130. The number of carbonyl (C=O) groups excluding carboxylic acids is 2. The number of hydrogen-bond acceptors (Lipinski definition) is 3. The highest BCUT2D eigenvalue weighted by Gasteiger charge is 2.53. The lowest BCUT2D eigenvalue weighted by atomic mass is 9.88. The van der Waals surface area contributed by atoms with E-state index in [9.17, 15) is 14.7 Å².